The van der Waals surface area contributed by atoms with Crippen molar-refractivity contribution in [2.45, 2.75) is 12.6 Å². The van der Waals surface area contributed by atoms with E-state index in [-0.39, 0.29) is 13.3 Å². The fraction of sp³-hybridized carbons (Fsp3) is 0.250. The van der Waals surface area contributed by atoms with Crippen molar-refractivity contribution in [3.63, 3.8) is 0 Å². The van der Waals surface area contributed by atoms with E-state index in [1.165, 1.54) is 6.07 Å². The third-order valence-electron chi connectivity index (χ3n) is 3.40. The summed E-state index contributed by atoms with van der Waals surface area (Å²) in [6, 6.07) is 11.9. The molecule has 4 nitrogen and oxygen atoms in total. The Morgan fingerprint density at radius 3 is 2.86 bits per heavy atom. The first-order valence-corrected chi connectivity index (χ1v) is 6.76. The number of rotatable bonds is 5. The summed E-state index contributed by atoms with van der Waals surface area (Å²) in [5.74, 6) is 1.05. The molecule has 0 spiro atoms. The van der Waals surface area contributed by atoms with Crippen LogP contribution in [0.15, 0.2) is 42.5 Å². The van der Waals surface area contributed by atoms with Gasteiger partial charge in [0.2, 0.25) is 6.79 Å². The van der Waals surface area contributed by atoms with E-state index in [9.17, 15) is 9.50 Å². The molecule has 2 aromatic rings. The van der Waals surface area contributed by atoms with Gasteiger partial charge >= 0.3 is 0 Å². The van der Waals surface area contributed by atoms with Crippen molar-refractivity contribution >= 4 is 0 Å². The standard InChI is InChI=1S/C16H16FNO3/c17-13-6-2-1-5-12(13)14(19)9-18-8-11-4-3-7-15-16(11)21-10-20-15/h1-7,14,18-19H,8-10H2. The highest BCUT2D eigenvalue weighted by Crippen LogP contribution is 2.35. The first-order valence-electron chi connectivity index (χ1n) is 6.76. The summed E-state index contributed by atoms with van der Waals surface area (Å²) in [6.07, 6.45) is -0.889. The molecular formula is C16H16FNO3. The smallest absolute Gasteiger partial charge is 0.231 e. The van der Waals surface area contributed by atoms with E-state index in [0.29, 0.717) is 12.1 Å². The number of fused-ring (bicyclic) bond motifs is 1. The molecule has 1 atom stereocenters. The first kappa shape index (κ1) is 13.9. The van der Waals surface area contributed by atoms with Crippen molar-refractivity contribution in [1.82, 2.24) is 5.32 Å². The van der Waals surface area contributed by atoms with Crippen molar-refractivity contribution in [3.8, 4) is 11.5 Å². The van der Waals surface area contributed by atoms with Gasteiger partial charge in [-0.3, -0.25) is 0 Å². The number of para-hydroxylation sites is 1. The minimum absolute atomic E-state index is 0.226. The molecule has 1 heterocycles. The third-order valence-corrected chi connectivity index (χ3v) is 3.40. The molecule has 0 amide bonds. The molecule has 0 radical (unpaired) electrons. The van der Waals surface area contributed by atoms with Crippen LogP contribution in [0.1, 0.15) is 17.2 Å². The zero-order valence-electron chi connectivity index (χ0n) is 11.4. The van der Waals surface area contributed by atoms with E-state index in [0.717, 1.165) is 17.1 Å². The van der Waals surface area contributed by atoms with Crippen LogP contribution in [-0.4, -0.2) is 18.4 Å². The fourth-order valence-corrected chi connectivity index (χ4v) is 2.33. The summed E-state index contributed by atoms with van der Waals surface area (Å²) in [4.78, 5) is 0. The molecule has 110 valence electrons. The average Bonchev–Trinajstić information content (AvgIpc) is 2.97. The highest BCUT2D eigenvalue weighted by atomic mass is 19.1. The molecule has 0 fully saturated rings. The van der Waals surface area contributed by atoms with Crippen LogP contribution in [0.3, 0.4) is 0 Å². The largest absolute Gasteiger partial charge is 0.454 e. The Kier molecular flexibility index (Phi) is 4.03. The number of halogens is 1. The number of hydrogen-bond acceptors (Lipinski definition) is 4. The summed E-state index contributed by atoms with van der Waals surface area (Å²) >= 11 is 0. The van der Waals surface area contributed by atoms with Crippen LogP contribution in [0.5, 0.6) is 11.5 Å². The SMILES string of the molecule is OC(CNCc1cccc2c1OCO2)c1ccccc1F. The lowest BCUT2D eigenvalue weighted by Crippen LogP contribution is -2.21. The monoisotopic (exact) mass is 289 g/mol. The Morgan fingerprint density at radius 1 is 1.14 bits per heavy atom. The maximum atomic E-state index is 13.5. The number of ether oxygens (including phenoxy) is 2. The van der Waals surface area contributed by atoms with Crippen LogP contribution < -0.4 is 14.8 Å². The van der Waals surface area contributed by atoms with Crippen molar-refractivity contribution in [2.75, 3.05) is 13.3 Å². The van der Waals surface area contributed by atoms with E-state index in [4.69, 9.17) is 9.47 Å². The van der Waals surface area contributed by atoms with Crippen LogP contribution in [0.25, 0.3) is 0 Å². The predicted octanol–water partition coefficient (Wildman–Crippen LogP) is 2.38. The average molecular weight is 289 g/mol. The Labute approximate surface area is 122 Å². The molecule has 2 aromatic carbocycles. The molecule has 21 heavy (non-hydrogen) atoms. The van der Waals surface area contributed by atoms with Gasteiger partial charge in [-0.2, -0.15) is 0 Å². The normalized spacial score (nSPS) is 14.2. The minimum Gasteiger partial charge on any atom is -0.454 e. The minimum atomic E-state index is -0.889. The molecule has 1 aliphatic rings. The van der Waals surface area contributed by atoms with Crippen LogP contribution in [0.4, 0.5) is 4.39 Å². The summed E-state index contributed by atoms with van der Waals surface area (Å²) < 4.78 is 24.3. The van der Waals surface area contributed by atoms with Gasteiger partial charge in [0.1, 0.15) is 5.82 Å². The maximum Gasteiger partial charge on any atom is 0.231 e. The van der Waals surface area contributed by atoms with Crippen molar-refractivity contribution in [3.05, 3.63) is 59.4 Å². The van der Waals surface area contributed by atoms with Crippen LogP contribution >= 0.6 is 0 Å². The second kappa shape index (κ2) is 6.11. The van der Waals surface area contributed by atoms with Crippen LogP contribution in [0.2, 0.25) is 0 Å². The summed E-state index contributed by atoms with van der Waals surface area (Å²) in [6.45, 7) is 0.994. The molecule has 3 rings (SSSR count). The van der Waals surface area contributed by atoms with E-state index in [1.54, 1.807) is 18.2 Å². The van der Waals surface area contributed by atoms with Crippen molar-refractivity contribution in [2.24, 2.45) is 0 Å². The number of aliphatic hydroxyl groups is 1. The molecule has 0 bridgehead atoms. The zero-order valence-corrected chi connectivity index (χ0v) is 11.4. The lowest BCUT2D eigenvalue weighted by Gasteiger charge is -2.13. The quantitative estimate of drug-likeness (QED) is 0.887. The molecule has 5 heteroatoms. The molecular weight excluding hydrogens is 273 g/mol. The van der Waals surface area contributed by atoms with Gasteiger partial charge < -0.3 is 19.9 Å². The third kappa shape index (κ3) is 2.99. The zero-order chi connectivity index (χ0) is 14.7. The summed E-state index contributed by atoms with van der Waals surface area (Å²) in [5, 5.41) is 13.1. The first-order chi connectivity index (χ1) is 10.3. The van der Waals surface area contributed by atoms with Crippen molar-refractivity contribution < 1.29 is 19.0 Å². The Bertz CT molecular complexity index is 633. The number of hydrogen-bond donors (Lipinski definition) is 2. The van der Waals surface area contributed by atoms with E-state index in [1.807, 2.05) is 18.2 Å². The van der Waals surface area contributed by atoms with E-state index >= 15 is 0 Å². The molecule has 1 aliphatic heterocycles. The van der Waals surface area contributed by atoms with Gasteiger partial charge in [0.25, 0.3) is 0 Å². The predicted molar refractivity (Wildman–Crippen MR) is 75.6 cm³/mol. The molecule has 0 aliphatic carbocycles. The fourth-order valence-electron chi connectivity index (χ4n) is 2.33. The lowest BCUT2D eigenvalue weighted by atomic mass is 10.1. The maximum absolute atomic E-state index is 13.5. The van der Waals surface area contributed by atoms with Gasteiger partial charge in [0.05, 0.1) is 6.10 Å². The summed E-state index contributed by atoms with van der Waals surface area (Å²) in [7, 11) is 0. The molecule has 0 aromatic heterocycles. The second-order valence-electron chi connectivity index (χ2n) is 4.82. The van der Waals surface area contributed by atoms with Crippen LogP contribution in [0, 0.1) is 5.82 Å². The second-order valence-corrected chi connectivity index (χ2v) is 4.82. The lowest BCUT2D eigenvalue weighted by molar-refractivity contribution is 0.167. The van der Waals surface area contributed by atoms with Gasteiger partial charge in [-0.25, -0.2) is 4.39 Å². The van der Waals surface area contributed by atoms with Gasteiger partial charge in [-0.05, 0) is 12.1 Å². The Morgan fingerprint density at radius 2 is 2.00 bits per heavy atom. The Hall–Kier alpha value is -2.11. The van der Waals surface area contributed by atoms with E-state index in [2.05, 4.69) is 5.32 Å². The topological polar surface area (TPSA) is 50.7 Å². The van der Waals surface area contributed by atoms with E-state index < -0.39 is 11.9 Å². The Balaban J connectivity index is 1.60. The van der Waals surface area contributed by atoms with Gasteiger partial charge in [0.15, 0.2) is 11.5 Å². The highest BCUT2D eigenvalue weighted by molar-refractivity contribution is 5.48. The highest BCUT2D eigenvalue weighted by Gasteiger charge is 2.17. The van der Waals surface area contributed by atoms with Crippen LogP contribution in [-0.2, 0) is 6.54 Å². The molecule has 1 unspecified atom stereocenters. The van der Waals surface area contributed by atoms with Crippen molar-refractivity contribution in [1.29, 1.82) is 0 Å². The molecule has 2 N–H and O–H groups in total. The number of nitrogens with one attached hydrogen (secondary N) is 1. The summed E-state index contributed by atoms with van der Waals surface area (Å²) in [5.41, 5.74) is 1.24. The van der Waals surface area contributed by atoms with Gasteiger partial charge in [-0.1, -0.05) is 30.3 Å². The number of benzene rings is 2. The van der Waals surface area contributed by atoms with Gasteiger partial charge in [-0.15, -0.1) is 0 Å². The molecule has 0 saturated heterocycles. The number of aliphatic hydroxyl groups excluding tert-OH is 1. The van der Waals surface area contributed by atoms with Gasteiger partial charge in [0, 0.05) is 24.2 Å². The molecule has 0 saturated carbocycles.